The van der Waals surface area contributed by atoms with Crippen LogP contribution < -0.4 is 5.32 Å². The first kappa shape index (κ1) is 16.2. The Hall–Kier alpha value is -0.870. The van der Waals surface area contributed by atoms with Crippen molar-refractivity contribution in [3.8, 4) is 0 Å². The largest absolute Gasteiger partial charge is 0.310 e. The molecule has 0 spiro atoms. The molecule has 0 aromatic carbocycles. The third-order valence-corrected chi connectivity index (χ3v) is 3.59. The first-order chi connectivity index (χ1) is 9.24. The maximum Gasteiger partial charge on any atom is 0.0537 e. The van der Waals surface area contributed by atoms with Crippen LogP contribution >= 0.6 is 0 Å². The predicted octanol–water partition coefficient (Wildman–Crippen LogP) is 2.68. The van der Waals surface area contributed by atoms with E-state index in [0.29, 0.717) is 6.04 Å². The summed E-state index contributed by atoms with van der Waals surface area (Å²) >= 11 is 0. The lowest BCUT2D eigenvalue weighted by Crippen LogP contribution is -2.29. The second-order valence-corrected chi connectivity index (χ2v) is 4.96. The summed E-state index contributed by atoms with van der Waals surface area (Å²) in [5.74, 6) is 0. The standard InChI is InChI=1S/C15H30N4/c1-5-10-19-13-14(12-17-19)15(16-6-2)9-11-18(7-3)8-4/h12-13,15-16H,5-11H2,1-4H3. The van der Waals surface area contributed by atoms with Crippen molar-refractivity contribution in [1.29, 1.82) is 0 Å². The minimum absolute atomic E-state index is 0.427. The third kappa shape index (κ3) is 5.33. The first-order valence-electron chi connectivity index (χ1n) is 7.73. The highest BCUT2D eigenvalue weighted by Crippen LogP contribution is 2.16. The van der Waals surface area contributed by atoms with Crippen molar-refractivity contribution in [2.45, 2.75) is 53.1 Å². The van der Waals surface area contributed by atoms with E-state index < -0.39 is 0 Å². The molecule has 19 heavy (non-hydrogen) atoms. The Labute approximate surface area is 118 Å². The van der Waals surface area contributed by atoms with E-state index in [-0.39, 0.29) is 0 Å². The van der Waals surface area contributed by atoms with Crippen molar-refractivity contribution in [3.05, 3.63) is 18.0 Å². The molecule has 4 nitrogen and oxygen atoms in total. The van der Waals surface area contributed by atoms with Crippen molar-refractivity contribution in [3.63, 3.8) is 0 Å². The molecule has 1 N–H and O–H groups in total. The molecule has 0 radical (unpaired) electrons. The third-order valence-electron chi connectivity index (χ3n) is 3.59. The van der Waals surface area contributed by atoms with E-state index in [4.69, 9.17) is 0 Å². The quantitative estimate of drug-likeness (QED) is 0.707. The Bertz CT molecular complexity index is 331. The van der Waals surface area contributed by atoms with Crippen LogP contribution in [0.4, 0.5) is 0 Å². The highest BCUT2D eigenvalue weighted by atomic mass is 15.3. The fourth-order valence-corrected chi connectivity index (χ4v) is 2.40. The maximum atomic E-state index is 4.44. The van der Waals surface area contributed by atoms with Crippen LogP contribution in [0.15, 0.2) is 12.4 Å². The van der Waals surface area contributed by atoms with E-state index in [1.54, 1.807) is 0 Å². The second-order valence-electron chi connectivity index (χ2n) is 4.96. The van der Waals surface area contributed by atoms with E-state index in [0.717, 1.165) is 45.6 Å². The number of hydrogen-bond acceptors (Lipinski definition) is 3. The van der Waals surface area contributed by atoms with Crippen molar-refractivity contribution < 1.29 is 0 Å². The highest BCUT2D eigenvalue weighted by molar-refractivity contribution is 5.10. The summed E-state index contributed by atoms with van der Waals surface area (Å²) in [5.41, 5.74) is 1.32. The average Bonchev–Trinajstić information content (AvgIpc) is 2.87. The van der Waals surface area contributed by atoms with Crippen molar-refractivity contribution >= 4 is 0 Å². The van der Waals surface area contributed by atoms with Crippen molar-refractivity contribution in [2.75, 3.05) is 26.2 Å². The number of nitrogens with zero attached hydrogens (tertiary/aromatic N) is 3. The second kappa shape index (κ2) is 9.10. The van der Waals surface area contributed by atoms with Gasteiger partial charge in [-0.2, -0.15) is 5.10 Å². The van der Waals surface area contributed by atoms with Gasteiger partial charge >= 0.3 is 0 Å². The number of aromatic nitrogens is 2. The molecule has 1 atom stereocenters. The molecule has 0 aliphatic rings. The van der Waals surface area contributed by atoms with Gasteiger partial charge in [-0.25, -0.2) is 0 Å². The molecule has 1 rings (SSSR count). The summed E-state index contributed by atoms with van der Waals surface area (Å²) in [4.78, 5) is 2.47. The van der Waals surface area contributed by atoms with E-state index in [1.807, 2.05) is 6.20 Å². The fourth-order valence-electron chi connectivity index (χ4n) is 2.40. The fraction of sp³-hybridized carbons (Fsp3) is 0.800. The number of nitrogens with one attached hydrogen (secondary N) is 1. The van der Waals surface area contributed by atoms with E-state index in [2.05, 4.69) is 53.9 Å². The molecule has 1 aromatic heterocycles. The van der Waals surface area contributed by atoms with E-state index in [9.17, 15) is 0 Å². The first-order valence-corrected chi connectivity index (χ1v) is 7.73. The van der Waals surface area contributed by atoms with Gasteiger partial charge in [0.25, 0.3) is 0 Å². The molecule has 0 aliphatic carbocycles. The molecule has 1 heterocycles. The van der Waals surface area contributed by atoms with Gasteiger partial charge in [-0.05, 0) is 39.0 Å². The zero-order valence-electron chi connectivity index (χ0n) is 13.0. The van der Waals surface area contributed by atoms with Crippen LogP contribution in [0.5, 0.6) is 0 Å². The van der Waals surface area contributed by atoms with E-state index >= 15 is 0 Å². The number of aryl methyl sites for hydroxylation is 1. The lowest BCUT2D eigenvalue weighted by atomic mass is 10.1. The van der Waals surface area contributed by atoms with Crippen LogP contribution in [0, 0.1) is 0 Å². The molecule has 0 saturated carbocycles. The van der Waals surface area contributed by atoms with Crippen LogP contribution in [-0.4, -0.2) is 40.9 Å². The Kier molecular flexibility index (Phi) is 7.75. The molecule has 0 bridgehead atoms. The van der Waals surface area contributed by atoms with Gasteiger partial charge in [-0.15, -0.1) is 0 Å². The van der Waals surface area contributed by atoms with Gasteiger partial charge in [-0.1, -0.05) is 27.7 Å². The minimum atomic E-state index is 0.427. The zero-order chi connectivity index (χ0) is 14.1. The predicted molar refractivity (Wildman–Crippen MR) is 81.3 cm³/mol. The summed E-state index contributed by atoms with van der Waals surface area (Å²) in [6.45, 7) is 14.2. The molecule has 0 aliphatic heterocycles. The Morgan fingerprint density at radius 2 is 2.00 bits per heavy atom. The summed E-state index contributed by atoms with van der Waals surface area (Å²) < 4.78 is 2.05. The van der Waals surface area contributed by atoms with Crippen LogP contribution in [0.1, 0.15) is 52.1 Å². The smallest absolute Gasteiger partial charge is 0.0537 e. The molecule has 0 fully saturated rings. The normalized spacial score (nSPS) is 13.1. The highest BCUT2D eigenvalue weighted by Gasteiger charge is 2.13. The van der Waals surface area contributed by atoms with Gasteiger partial charge in [0.1, 0.15) is 0 Å². The summed E-state index contributed by atoms with van der Waals surface area (Å²) in [5, 5.41) is 8.02. The monoisotopic (exact) mass is 266 g/mol. The number of hydrogen-bond donors (Lipinski definition) is 1. The van der Waals surface area contributed by atoms with Crippen LogP contribution in [-0.2, 0) is 6.54 Å². The zero-order valence-corrected chi connectivity index (χ0v) is 13.0. The van der Waals surface area contributed by atoms with Gasteiger partial charge in [0.2, 0.25) is 0 Å². The van der Waals surface area contributed by atoms with Crippen molar-refractivity contribution in [2.24, 2.45) is 0 Å². The molecular formula is C15H30N4. The van der Waals surface area contributed by atoms with Crippen LogP contribution in [0.2, 0.25) is 0 Å². The van der Waals surface area contributed by atoms with Crippen LogP contribution in [0.3, 0.4) is 0 Å². The summed E-state index contributed by atoms with van der Waals surface area (Å²) in [6.07, 6.45) is 6.49. The molecular weight excluding hydrogens is 236 g/mol. The van der Waals surface area contributed by atoms with Gasteiger partial charge in [-0.3, -0.25) is 4.68 Å². The lowest BCUT2D eigenvalue weighted by molar-refractivity contribution is 0.282. The Balaban J connectivity index is 2.59. The van der Waals surface area contributed by atoms with Crippen molar-refractivity contribution in [1.82, 2.24) is 20.0 Å². The summed E-state index contributed by atoms with van der Waals surface area (Å²) in [7, 11) is 0. The maximum absolute atomic E-state index is 4.44. The Morgan fingerprint density at radius 3 is 2.58 bits per heavy atom. The molecule has 1 unspecified atom stereocenters. The Morgan fingerprint density at radius 1 is 1.26 bits per heavy atom. The van der Waals surface area contributed by atoms with Gasteiger partial charge in [0, 0.05) is 24.3 Å². The lowest BCUT2D eigenvalue weighted by Gasteiger charge is -2.22. The topological polar surface area (TPSA) is 33.1 Å². The van der Waals surface area contributed by atoms with Gasteiger partial charge < -0.3 is 10.2 Å². The van der Waals surface area contributed by atoms with Gasteiger partial charge in [0.15, 0.2) is 0 Å². The molecule has 0 amide bonds. The molecule has 0 saturated heterocycles. The SMILES string of the molecule is CCCn1cc(C(CCN(CC)CC)NCC)cn1. The number of rotatable bonds is 10. The molecule has 4 heteroatoms. The summed E-state index contributed by atoms with van der Waals surface area (Å²) in [6, 6.07) is 0.427. The molecule has 110 valence electrons. The van der Waals surface area contributed by atoms with Crippen LogP contribution in [0.25, 0.3) is 0 Å². The average molecular weight is 266 g/mol. The molecule has 1 aromatic rings. The van der Waals surface area contributed by atoms with E-state index in [1.165, 1.54) is 5.56 Å². The minimum Gasteiger partial charge on any atom is -0.310 e. The van der Waals surface area contributed by atoms with Gasteiger partial charge in [0.05, 0.1) is 6.20 Å².